The van der Waals surface area contributed by atoms with Gasteiger partial charge in [0.1, 0.15) is 12.4 Å². The summed E-state index contributed by atoms with van der Waals surface area (Å²) < 4.78 is 7.35. The smallest absolute Gasteiger partial charge is 0.252 e. The highest BCUT2D eigenvalue weighted by atomic mass is 16.5. The Balaban J connectivity index is 1.67. The standard InChI is InChI=1S/C19H22N4O2/c1-12-5-7-15(8-6-12)25-10-9-20-19(24)16-11-13(2)21-18-17(16)14(3)22-23(18)4/h5-8,11H,9-10H2,1-4H3,(H,20,24). The van der Waals surface area contributed by atoms with E-state index in [1.165, 1.54) is 5.56 Å². The second-order valence-corrected chi connectivity index (χ2v) is 6.14. The summed E-state index contributed by atoms with van der Waals surface area (Å²) in [5, 5.41) is 8.07. The molecule has 0 fully saturated rings. The Bertz CT molecular complexity index is 913. The van der Waals surface area contributed by atoms with Crippen LogP contribution in [-0.4, -0.2) is 33.8 Å². The van der Waals surface area contributed by atoms with Gasteiger partial charge in [-0.25, -0.2) is 4.98 Å². The molecule has 3 rings (SSSR count). The van der Waals surface area contributed by atoms with Gasteiger partial charge < -0.3 is 10.1 Å². The molecule has 0 radical (unpaired) electrons. The first-order chi connectivity index (χ1) is 12.0. The Labute approximate surface area is 146 Å². The number of nitrogens with zero attached hydrogens (tertiary/aromatic N) is 3. The molecule has 2 heterocycles. The van der Waals surface area contributed by atoms with Crippen LogP contribution in [-0.2, 0) is 7.05 Å². The van der Waals surface area contributed by atoms with Gasteiger partial charge in [0.25, 0.3) is 5.91 Å². The summed E-state index contributed by atoms with van der Waals surface area (Å²) in [5.74, 6) is 0.657. The van der Waals surface area contributed by atoms with Gasteiger partial charge in [-0.15, -0.1) is 0 Å². The van der Waals surface area contributed by atoms with Gasteiger partial charge in [-0.3, -0.25) is 9.48 Å². The Hall–Kier alpha value is -2.89. The van der Waals surface area contributed by atoms with E-state index in [4.69, 9.17) is 4.74 Å². The largest absolute Gasteiger partial charge is 0.492 e. The zero-order valence-corrected chi connectivity index (χ0v) is 15.0. The predicted molar refractivity (Wildman–Crippen MR) is 97.0 cm³/mol. The van der Waals surface area contributed by atoms with E-state index < -0.39 is 0 Å². The fourth-order valence-electron chi connectivity index (χ4n) is 2.81. The molecule has 6 nitrogen and oxygen atoms in total. The van der Waals surface area contributed by atoms with Crippen molar-refractivity contribution in [3.63, 3.8) is 0 Å². The van der Waals surface area contributed by atoms with Crippen molar-refractivity contribution >= 4 is 16.9 Å². The van der Waals surface area contributed by atoms with Crippen molar-refractivity contribution in [3.8, 4) is 5.75 Å². The lowest BCUT2D eigenvalue weighted by Gasteiger charge is -2.09. The number of aryl methyl sites for hydroxylation is 4. The Kier molecular flexibility index (Phi) is 4.70. The maximum Gasteiger partial charge on any atom is 0.252 e. The number of amides is 1. The summed E-state index contributed by atoms with van der Waals surface area (Å²) in [5.41, 5.74) is 4.09. The molecule has 0 aliphatic rings. The predicted octanol–water partition coefficient (Wildman–Crippen LogP) is 2.70. The lowest BCUT2D eigenvalue weighted by molar-refractivity contribution is 0.0948. The molecule has 6 heteroatoms. The van der Waals surface area contributed by atoms with Gasteiger partial charge >= 0.3 is 0 Å². The fraction of sp³-hybridized carbons (Fsp3) is 0.316. The zero-order chi connectivity index (χ0) is 18.0. The van der Waals surface area contributed by atoms with E-state index in [2.05, 4.69) is 15.4 Å². The molecule has 0 atom stereocenters. The molecule has 25 heavy (non-hydrogen) atoms. The number of benzene rings is 1. The van der Waals surface area contributed by atoms with E-state index in [0.717, 1.165) is 28.2 Å². The van der Waals surface area contributed by atoms with E-state index in [1.54, 1.807) is 10.7 Å². The molecule has 1 amide bonds. The van der Waals surface area contributed by atoms with Gasteiger partial charge in [-0.2, -0.15) is 5.10 Å². The number of rotatable bonds is 5. The third-order valence-electron chi connectivity index (χ3n) is 4.02. The molecule has 0 bridgehead atoms. The Morgan fingerprint density at radius 1 is 1.20 bits per heavy atom. The fourth-order valence-corrected chi connectivity index (χ4v) is 2.81. The monoisotopic (exact) mass is 338 g/mol. The van der Waals surface area contributed by atoms with Gasteiger partial charge in [0.2, 0.25) is 0 Å². The third kappa shape index (κ3) is 3.63. The average Bonchev–Trinajstić information content (AvgIpc) is 2.86. The van der Waals surface area contributed by atoms with E-state index in [1.807, 2.05) is 52.1 Å². The maximum atomic E-state index is 12.6. The highest BCUT2D eigenvalue weighted by Gasteiger charge is 2.17. The number of carbonyl (C=O) groups excluding carboxylic acids is 1. The normalized spacial score (nSPS) is 10.9. The molecule has 2 aromatic heterocycles. The molecule has 1 aromatic carbocycles. The second kappa shape index (κ2) is 6.93. The molecule has 0 aliphatic carbocycles. The van der Waals surface area contributed by atoms with E-state index in [0.29, 0.717) is 18.7 Å². The summed E-state index contributed by atoms with van der Waals surface area (Å²) in [7, 11) is 1.83. The minimum absolute atomic E-state index is 0.140. The number of fused-ring (bicyclic) bond motifs is 1. The topological polar surface area (TPSA) is 69.0 Å². The number of hydrogen-bond donors (Lipinski definition) is 1. The lowest BCUT2D eigenvalue weighted by Crippen LogP contribution is -2.28. The molecule has 3 aromatic rings. The Morgan fingerprint density at radius 3 is 2.64 bits per heavy atom. The van der Waals surface area contributed by atoms with Crippen molar-refractivity contribution < 1.29 is 9.53 Å². The lowest BCUT2D eigenvalue weighted by atomic mass is 10.1. The minimum Gasteiger partial charge on any atom is -0.492 e. The van der Waals surface area contributed by atoms with E-state index >= 15 is 0 Å². The van der Waals surface area contributed by atoms with Crippen LogP contribution in [0.2, 0.25) is 0 Å². The minimum atomic E-state index is -0.140. The van der Waals surface area contributed by atoms with Gasteiger partial charge in [-0.1, -0.05) is 17.7 Å². The Morgan fingerprint density at radius 2 is 1.92 bits per heavy atom. The maximum absolute atomic E-state index is 12.6. The first-order valence-electron chi connectivity index (χ1n) is 8.24. The van der Waals surface area contributed by atoms with Crippen LogP contribution in [0.15, 0.2) is 30.3 Å². The SMILES string of the molecule is Cc1ccc(OCCNC(=O)c2cc(C)nc3c2c(C)nn3C)cc1. The summed E-state index contributed by atoms with van der Waals surface area (Å²) in [6, 6.07) is 9.64. The van der Waals surface area contributed by atoms with Crippen LogP contribution < -0.4 is 10.1 Å². The molecule has 130 valence electrons. The highest BCUT2D eigenvalue weighted by Crippen LogP contribution is 2.21. The number of hydrogen-bond acceptors (Lipinski definition) is 4. The first kappa shape index (κ1) is 17.0. The number of ether oxygens (including phenoxy) is 1. The van der Waals surface area contributed by atoms with Crippen LogP contribution in [0.25, 0.3) is 11.0 Å². The quantitative estimate of drug-likeness (QED) is 0.726. The van der Waals surface area contributed by atoms with Crippen molar-refractivity contribution in [2.75, 3.05) is 13.2 Å². The molecular weight excluding hydrogens is 316 g/mol. The number of pyridine rings is 1. The first-order valence-corrected chi connectivity index (χ1v) is 8.24. The molecule has 0 unspecified atom stereocenters. The third-order valence-corrected chi connectivity index (χ3v) is 4.02. The average molecular weight is 338 g/mol. The number of nitrogens with one attached hydrogen (secondary N) is 1. The summed E-state index contributed by atoms with van der Waals surface area (Å²) >= 11 is 0. The zero-order valence-electron chi connectivity index (χ0n) is 15.0. The molecular formula is C19H22N4O2. The van der Waals surface area contributed by atoms with Crippen LogP contribution >= 0.6 is 0 Å². The van der Waals surface area contributed by atoms with Gasteiger partial charge in [0.15, 0.2) is 5.65 Å². The van der Waals surface area contributed by atoms with Crippen LogP contribution in [0, 0.1) is 20.8 Å². The summed E-state index contributed by atoms with van der Waals surface area (Å²) in [6.45, 7) is 6.63. The molecule has 0 saturated carbocycles. The van der Waals surface area contributed by atoms with Crippen molar-refractivity contribution in [2.45, 2.75) is 20.8 Å². The van der Waals surface area contributed by atoms with Crippen LogP contribution in [0.5, 0.6) is 5.75 Å². The van der Waals surface area contributed by atoms with Crippen molar-refractivity contribution in [2.24, 2.45) is 7.05 Å². The van der Waals surface area contributed by atoms with Crippen LogP contribution in [0.4, 0.5) is 0 Å². The number of carbonyl (C=O) groups is 1. The molecule has 0 spiro atoms. The van der Waals surface area contributed by atoms with E-state index in [9.17, 15) is 4.79 Å². The van der Waals surface area contributed by atoms with Crippen molar-refractivity contribution in [1.29, 1.82) is 0 Å². The van der Waals surface area contributed by atoms with Crippen molar-refractivity contribution in [1.82, 2.24) is 20.1 Å². The van der Waals surface area contributed by atoms with Crippen LogP contribution in [0.3, 0.4) is 0 Å². The second-order valence-electron chi connectivity index (χ2n) is 6.14. The van der Waals surface area contributed by atoms with Crippen molar-refractivity contribution in [3.05, 3.63) is 52.8 Å². The van der Waals surface area contributed by atoms with Gasteiger partial charge in [-0.05, 0) is 39.0 Å². The van der Waals surface area contributed by atoms with Gasteiger partial charge in [0.05, 0.1) is 23.2 Å². The highest BCUT2D eigenvalue weighted by molar-refractivity contribution is 6.06. The molecule has 0 aliphatic heterocycles. The summed E-state index contributed by atoms with van der Waals surface area (Å²) in [6.07, 6.45) is 0. The molecule has 1 N–H and O–H groups in total. The molecule has 0 saturated heterocycles. The summed E-state index contributed by atoms with van der Waals surface area (Å²) in [4.78, 5) is 17.1. The van der Waals surface area contributed by atoms with Gasteiger partial charge in [0, 0.05) is 12.7 Å². The van der Waals surface area contributed by atoms with E-state index in [-0.39, 0.29) is 5.91 Å². The van der Waals surface area contributed by atoms with Crippen LogP contribution in [0.1, 0.15) is 27.3 Å². The number of aromatic nitrogens is 3.